The smallest absolute Gasteiger partial charge is 0.194 e. The van der Waals surface area contributed by atoms with Gasteiger partial charge in [-0.25, -0.2) is 0 Å². The molecule has 3 aromatic rings. The maximum Gasteiger partial charge on any atom is 0.194 e. The molecule has 26 heavy (non-hydrogen) atoms. The molecule has 2 aromatic carbocycles. The summed E-state index contributed by atoms with van der Waals surface area (Å²) in [7, 11) is 0. The molecule has 134 valence electrons. The molecule has 1 saturated heterocycles. The Kier molecular flexibility index (Phi) is 5.07. The van der Waals surface area contributed by atoms with Gasteiger partial charge in [-0.3, -0.25) is 0 Å². The second-order valence-corrected chi connectivity index (χ2v) is 6.16. The normalized spacial score (nSPS) is 14.9. The molecule has 0 radical (unpaired) electrons. The van der Waals surface area contributed by atoms with Crippen molar-refractivity contribution < 1.29 is 9.47 Å². The van der Waals surface area contributed by atoms with Crippen molar-refractivity contribution in [3.63, 3.8) is 0 Å². The van der Waals surface area contributed by atoms with E-state index in [1.54, 1.807) is 4.68 Å². The van der Waals surface area contributed by atoms with Crippen LogP contribution in [0.5, 0.6) is 5.75 Å². The molecule has 1 aliphatic rings. The molecule has 0 amide bonds. The largest absolute Gasteiger partial charge is 0.483 e. The molecule has 2 heterocycles. The van der Waals surface area contributed by atoms with Crippen LogP contribution in [0.3, 0.4) is 0 Å². The molecule has 7 heteroatoms. The number of nitrogens with zero attached hydrogens (tertiary/aromatic N) is 4. The quantitative estimate of drug-likeness (QED) is 0.736. The Morgan fingerprint density at radius 1 is 1.04 bits per heavy atom. The molecule has 0 spiro atoms. The lowest BCUT2D eigenvalue weighted by molar-refractivity contribution is 0.0904. The third-order valence-corrected chi connectivity index (χ3v) is 4.36. The summed E-state index contributed by atoms with van der Waals surface area (Å²) in [4.78, 5) is 0. The second kappa shape index (κ2) is 7.97. The predicted molar refractivity (Wildman–Crippen MR) is 97.4 cm³/mol. The van der Waals surface area contributed by atoms with E-state index in [4.69, 9.17) is 9.47 Å². The molecule has 0 atom stereocenters. The van der Waals surface area contributed by atoms with Crippen molar-refractivity contribution in [2.45, 2.75) is 25.5 Å². The molecular weight excluding hydrogens is 330 g/mol. The first-order chi connectivity index (χ1) is 12.9. The van der Waals surface area contributed by atoms with E-state index in [-0.39, 0.29) is 6.61 Å². The van der Waals surface area contributed by atoms with Crippen LogP contribution >= 0.6 is 0 Å². The summed E-state index contributed by atoms with van der Waals surface area (Å²) in [5.41, 5.74) is 1.89. The SMILES string of the molecule is c1ccc(-n2nnnc2COc2ccccc2NC2CCOCC2)cc1. The molecule has 1 aromatic heterocycles. The predicted octanol–water partition coefficient (Wildman–Crippen LogP) is 2.83. The summed E-state index contributed by atoms with van der Waals surface area (Å²) >= 11 is 0. The Balaban J connectivity index is 1.46. The Labute approximate surface area is 151 Å². The number of hydrogen-bond acceptors (Lipinski definition) is 6. The summed E-state index contributed by atoms with van der Waals surface area (Å²) in [6, 6.07) is 18.1. The number of aromatic nitrogens is 4. The summed E-state index contributed by atoms with van der Waals surface area (Å²) in [5, 5.41) is 15.5. The monoisotopic (exact) mass is 351 g/mol. The maximum absolute atomic E-state index is 6.03. The highest BCUT2D eigenvalue weighted by atomic mass is 16.5. The Morgan fingerprint density at radius 3 is 2.65 bits per heavy atom. The molecule has 0 aliphatic carbocycles. The van der Waals surface area contributed by atoms with E-state index in [0.29, 0.717) is 11.9 Å². The third kappa shape index (κ3) is 3.83. The van der Waals surface area contributed by atoms with Gasteiger partial charge < -0.3 is 14.8 Å². The number of ether oxygens (including phenoxy) is 2. The minimum absolute atomic E-state index is 0.286. The van der Waals surface area contributed by atoms with E-state index in [0.717, 1.165) is 43.2 Å². The number of anilines is 1. The molecule has 1 aliphatic heterocycles. The van der Waals surface area contributed by atoms with Gasteiger partial charge in [0.1, 0.15) is 12.4 Å². The first-order valence-electron chi connectivity index (χ1n) is 8.79. The lowest BCUT2D eigenvalue weighted by Gasteiger charge is -2.25. The van der Waals surface area contributed by atoms with Gasteiger partial charge in [-0.2, -0.15) is 4.68 Å². The van der Waals surface area contributed by atoms with E-state index in [2.05, 4.69) is 20.8 Å². The van der Waals surface area contributed by atoms with Gasteiger partial charge in [0.25, 0.3) is 0 Å². The van der Waals surface area contributed by atoms with Gasteiger partial charge in [0, 0.05) is 19.3 Å². The number of para-hydroxylation sites is 3. The van der Waals surface area contributed by atoms with Crippen molar-refractivity contribution >= 4 is 5.69 Å². The fourth-order valence-electron chi connectivity index (χ4n) is 2.98. The highest BCUT2D eigenvalue weighted by Gasteiger charge is 2.16. The second-order valence-electron chi connectivity index (χ2n) is 6.16. The first-order valence-corrected chi connectivity index (χ1v) is 8.79. The topological polar surface area (TPSA) is 74.1 Å². The zero-order valence-electron chi connectivity index (χ0n) is 14.4. The van der Waals surface area contributed by atoms with Crippen molar-refractivity contribution in [2.24, 2.45) is 0 Å². The molecular formula is C19H21N5O2. The van der Waals surface area contributed by atoms with Gasteiger partial charge >= 0.3 is 0 Å². The van der Waals surface area contributed by atoms with E-state index in [9.17, 15) is 0 Å². The molecule has 7 nitrogen and oxygen atoms in total. The van der Waals surface area contributed by atoms with Gasteiger partial charge in [0.2, 0.25) is 0 Å². The van der Waals surface area contributed by atoms with Crippen LogP contribution in [-0.2, 0) is 11.3 Å². The maximum atomic E-state index is 6.03. The van der Waals surface area contributed by atoms with Crippen LogP contribution in [0, 0.1) is 0 Å². The van der Waals surface area contributed by atoms with Crippen LogP contribution in [0.15, 0.2) is 54.6 Å². The number of benzene rings is 2. The van der Waals surface area contributed by atoms with Gasteiger partial charge in [-0.05, 0) is 47.5 Å². The van der Waals surface area contributed by atoms with Gasteiger partial charge in [-0.15, -0.1) is 5.10 Å². The van der Waals surface area contributed by atoms with Gasteiger partial charge in [-0.1, -0.05) is 30.3 Å². The summed E-state index contributed by atoms with van der Waals surface area (Å²) in [5.74, 6) is 1.44. The van der Waals surface area contributed by atoms with Crippen LogP contribution in [0.25, 0.3) is 5.69 Å². The molecule has 4 rings (SSSR count). The van der Waals surface area contributed by atoms with E-state index in [1.165, 1.54) is 0 Å². The number of nitrogens with one attached hydrogen (secondary N) is 1. The summed E-state index contributed by atoms with van der Waals surface area (Å²) < 4.78 is 13.1. The highest BCUT2D eigenvalue weighted by Crippen LogP contribution is 2.27. The minimum Gasteiger partial charge on any atom is -0.483 e. The highest BCUT2D eigenvalue weighted by molar-refractivity contribution is 5.56. The zero-order valence-corrected chi connectivity index (χ0v) is 14.4. The van der Waals surface area contributed by atoms with Crippen LogP contribution in [0.1, 0.15) is 18.7 Å². The average molecular weight is 351 g/mol. The molecule has 0 unspecified atom stereocenters. The van der Waals surface area contributed by atoms with Crippen molar-refractivity contribution in [1.29, 1.82) is 0 Å². The molecule has 0 saturated carbocycles. The Bertz CT molecular complexity index is 831. The van der Waals surface area contributed by atoms with E-state index in [1.807, 2.05) is 54.6 Å². The fraction of sp³-hybridized carbons (Fsp3) is 0.316. The minimum atomic E-state index is 0.286. The van der Waals surface area contributed by atoms with Gasteiger partial charge in [0.15, 0.2) is 5.82 Å². The van der Waals surface area contributed by atoms with Crippen LogP contribution in [0.2, 0.25) is 0 Å². The van der Waals surface area contributed by atoms with Crippen molar-refractivity contribution in [3.8, 4) is 11.4 Å². The molecule has 0 bridgehead atoms. The summed E-state index contributed by atoms with van der Waals surface area (Å²) in [6.07, 6.45) is 2.00. The van der Waals surface area contributed by atoms with Crippen LogP contribution < -0.4 is 10.1 Å². The first kappa shape index (κ1) is 16.5. The molecule has 1 N–H and O–H groups in total. The standard InChI is InChI=1S/C19H21N5O2/c1-2-6-16(7-3-1)24-19(21-22-23-24)14-26-18-9-5-4-8-17(18)20-15-10-12-25-13-11-15/h1-9,15,20H,10-14H2. The van der Waals surface area contributed by atoms with Crippen molar-refractivity contribution in [1.82, 2.24) is 20.2 Å². The molecule has 1 fully saturated rings. The number of hydrogen-bond donors (Lipinski definition) is 1. The van der Waals surface area contributed by atoms with E-state index < -0.39 is 0 Å². The lowest BCUT2D eigenvalue weighted by Crippen LogP contribution is -2.28. The third-order valence-electron chi connectivity index (χ3n) is 4.36. The zero-order chi connectivity index (χ0) is 17.6. The summed E-state index contributed by atoms with van der Waals surface area (Å²) in [6.45, 7) is 1.88. The average Bonchev–Trinajstić information content (AvgIpc) is 3.17. The van der Waals surface area contributed by atoms with Crippen molar-refractivity contribution in [3.05, 3.63) is 60.4 Å². The Hall–Kier alpha value is -2.93. The van der Waals surface area contributed by atoms with Crippen molar-refractivity contribution in [2.75, 3.05) is 18.5 Å². The van der Waals surface area contributed by atoms with Crippen LogP contribution in [-0.4, -0.2) is 39.5 Å². The van der Waals surface area contributed by atoms with Gasteiger partial charge in [0.05, 0.1) is 11.4 Å². The van der Waals surface area contributed by atoms with E-state index >= 15 is 0 Å². The van der Waals surface area contributed by atoms with Crippen LogP contribution in [0.4, 0.5) is 5.69 Å². The fourth-order valence-corrected chi connectivity index (χ4v) is 2.98. The number of tetrazole rings is 1. The Morgan fingerprint density at radius 2 is 1.81 bits per heavy atom. The number of rotatable bonds is 6. The lowest BCUT2D eigenvalue weighted by atomic mass is 10.1.